The zero-order valence-electron chi connectivity index (χ0n) is 17.3. The first-order valence-corrected chi connectivity index (χ1v) is 9.93. The number of nitrogens with zero attached hydrogens (tertiary/aromatic N) is 2. The third kappa shape index (κ3) is 5.53. The minimum atomic E-state index is -0.979. The van der Waals surface area contributed by atoms with Gasteiger partial charge in [-0.15, -0.1) is 0 Å². The lowest BCUT2D eigenvalue weighted by atomic mass is 10.0. The average molecular weight is 426 g/mol. The Labute approximate surface area is 179 Å². The van der Waals surface area contributed by atoms with Crippen LogP contribution in [0.2, 0.25) is 0 Å². The summed E-state index contributed by atoms with van der Waals surface area (Å²) < 4.78 is 29.6. The molecule has 0 radical (unpaired) electrons. The lowest BCUT2D eigenvalue weighted by molar-refractivity contribution is -0.124. The monoisotopic (exact) mass is 426 g/mol. The summed E-state index contributed by atoms with van der Waals surface area (Å²) in [5.41, 5.74) is 1.19. The number of carbonyl (C=O) groups is 2. The molecule has 162 valence electrons. The van der Waals surface area contributed by atoms with Crippen LogP contribution < -0.4 is 10.6 Å². The van der Waals surface area contributed by atoms with E-state index in [4.69, 9.17) is 0 Å². The molecular weight excluding hydrogens is 402 g/mol. The highest BCUT2D eigenvalue weighted by molar-refractivity contribution is 5.98. The molecule has 1 heterocycles. The van der Waals surface area contributed by atoms with E-state index in [0.29, 0.717) is 6.54 Å². The lowest BCUT2D eigenvalue weighted by Crippen LogP contribution is -2.49. The van der Waals surface area contributed by atoms with Gasteiger partial charge in [-0.2, -0.15) is 5.10 Å². The fourth-order valence-corrected chi connectivity index (χ4v) is 3.21. The predicted molar refractivity (Wildman–Crippen MR) is 112 cm³/mol. The van der Waals surface area contributed by atoms with Crippen LogP contribution in [0.3, 0.4) is 0 Å². The second kappa shape index (κ2) is 9.97. The highest BCUT2D eigenvalue weighted by Crippen LogP contribution is 2.14. The maximum atomic E-state index is 13.9. The number of amides is 2. The van der Waals surface area contributed by atoms with E-state index in [1.54, 1.807) is 24.7 Å². The number of nitrogens with one attached hydrogen (secondary N) is 2. The zero-order chi connectivity index (χ0) is 22.4. The van der Waals surface area contributed by atoms with E-state index in [0.717, 1.165) is 23.3 Å². The maximum absolute atomic E-state index is 13.9. The molecule has 0 aliphatic heterocycles. The summed E-state index contributed by atoms with van der Waals surface area (Å²) in [6, 6.07) is 11.7. The van der Waals surface area contributed by atoms with Gasteiger partial charge in [0.05, 0.1) is 6.54 Å². The van der Waals surface area contributed by atoms with Crippen LogP contribution in [0.5, 0.6) is 0 Å². The number of aromatic nitrogens is 2. The van der Waals surface area contributed by atoms with Crippen molar-refractivity contribution in [1.29, 1.82) is 0 Å². The summed E-state index contributed by atoms with van der Waals surface area (Å²) in [6.07, 6.45) is 3.54. The van der Waals surface area contributed by atoms with Crippen molar-refractivity contribution in [2.45, 2.75) is 33.0 Å². The van der Waals surface area contributed by atoms with E-state index in [1.807, 2.05) is 36.5 Å². The smallest absolute Gasteiger partial charge is 0.257 e. The van der Waals surface area contributed by atoms with Crippen molar-refractivity contribution in [2.24, 2.45) is 5.92 Å². The van der Waals surface area contributed by atoms with Crippen LogP contribution in [0, 0.1) is 17.6 Å². The first-order valence-electron chi connectivity index (χ1n) is 9.93. The second-order valence-electron chi connectivity index (χ2n) is 7.48. The second-order valence-corrected chi connectivity index (χ2v) is 7.48. The standard InChI is InChI=1S/C23H24F2N4O2/c1-15(2)21(28-22(30)20-18(24)9-5-10-19(20)25)23(31)26-13-16-7-3-4-8-17(16)14-29-12-6-11-27-29/h3-12,15,21H,13-14H2,1-2H3,(H,26,31)(H,28,30)/t21-/m1/s1. The first-order chi connectivity index (χ1) is 14.9. The third-order valence-electron chi connectivity index (χ3n) is 4.89. The topological polar surface area (TPSA) is 76.0 Å². The minimum absolute atomic E-state index is 0.240. The molecule has 2 aromatic carbocycles. The Morgan fingerprint density at radius 3 is 2.29 bits per heavy atom. The fourth-order valence-electron chi connectivity index (χ4n) is 3.21. The van der Waals surface area contributed by atoms with Crippen LogP contribution in [-0.2, 0) is 17.9 Å². The summed E-state index contributed by atoms with van der Waals surface area (Å²) >= 11 is 0. The van der Waals surface area contributed by atoms with E-state index in [1.165, 1.54) is 6.07 Å². The largest absolute Gasteiger partial charge is 0.350 e. The van der Waals surface area contributed by atoms with Crippen molar-refractivity contribution >= 4 is 11.8 Å². The van der Waals surface area contributed by atoms with Crippen molar-refractivity contribution in [3.63, 3.8) is 0 Å². The Morgan fingerprint density at radius 2 is 1.68 bits per heavy atom. The van der Waals surface area contributed by atoms with Gasteiger partial charge in [0.25, 0.3) is 5.91 Å². The normalized spacial score (nSPS) is 11.9. The summed E-state index contributed by atoms with van der Waals surface area (Å²) in [5.74, 6) is -3.66. The number of rotatable bonds is 8. The van der Waals surface area contributed by atoms with Gasteiger partial charge in [-0.25, -0.2) is 8.78 Å². The molecule has 31 heavy (non-hydrogen) atoms. The highest BCUT2D eigenvalue weighted by Gasteiger charge is 2.27. The van der Waals surface area contributed by atoms with Gasteiger partial charge < -0.3 is 10.6 Å². The Bertz CT molecular complexity index is 1030. The number of benzene rings is 2. The summed E-state index contributed by atoms with van der Waals surface area (Å²) in [6.45, 7) is 4.28. The molecule has 0 aliphatic rings. The van der Waals surface area contributed by atoms with Crippen LogP contribution in [0.15, 0.2) is 60.9 Å². The first kappa shape index (κ1) is 22.1. The number of carbonyl (C=O) groups excluding carboxylic acids is 2. The summed E-state index contributed by atoms with van der Waals surface area (Å²) in [5, 5.41) is 9.47. The molecule has 1 aromatic heterocycles. The molecule has 2 amide bonds. The molecule has 0 fully saturated rings. The van der Waals surface area contributed by atoms with Crippen LogP contribution in [-0.4, -0.2) is 27.6 Å². The van der Waals surface area contributed by atoms with Gasteiger partial charge in [-0.3, -0.25) is 14.3 Å². The fraction of sp³-hybridized carbons (Fsp3) is 0.261. The Kier molecular flexibility index (Phi) is 7.12. The van der Waals surface area contributed by atoms with E-state index < -0.39 is 35.1 Å². The van der Waals surface area contributed by atoms with Gasteiger partial charge in [-0.05, 0) is 35.2 Å². The molecule has 0 bridgehead atoms. The van der Waals surface area contributed by atoms with Gasteiger partial charge in [0, 0.05) is 18.9 Å². The molecular formula is C23H24F2N4O2. The van der Waals surface area contributed by atoms with Gasteiger partial charge >= 0.3 is 0 Å². The molecule has 0 saturated carbocycles. The van der Waals surface area contributed by atoms with Crippen LogP contribution in [0.25, 0.3) is 0 Å². The van der Waals surface area contributed by atoms with Crippen LogP contribution in [0.4, 0.5) is 8.78 Å². The zero-order valence-corrected chi connectivity index (χ0v) is 17.3. The molecule has 2 N–H and O–H groups in total. The summed E-state index contributed by atoms with van der Waals surface area (Å²) in [4.78, 5) is 25.2. The van der Waals surface area contributed by atoms with Gasteiger partial charge in [0.1, 0.15) is 23.2 Å². The number of hydrogen-bond acceptors (Lipinski definition) is 3. The molecule has 0 saturated heterocycles. The Hall–Kier alpha value is -3.55. The maximum Gasteiger partial charge on any atom is 0.257 e. The molecule has 3 aromatic rings. The number of hydrogen-bond donors (Lipinski definition) is 2. The molecule has 0 aliphatic carbocycles. The van der Waals surface area contributed by atoms with Gasteiger partial charge in [0.15, 0.2) is 0 Å². The van der Waals surface area contributed by atoms with Crippen molar-refractivity contribution in [2.75, 3.05) is 0 Å². The Balaban J connectivity index is 1.69. The molecule has 1 atom stereocenters. The van der Waals surface area contributed by atoms with Crippen molar-refractivity contribution < 1.29 is 18.4 Å². The molecule has 0 spiro atoms. The SMILES string of the molecule is CC(C)[C@@H](NC(=O)c1c(F)cccc1F)C(=O)NCc1ccccc1Cn1cccn1. The van der Waals surface area contributed by atoms with Gasteiger partial charge in [0.2, 0.25) is 5.91 Å². The van der Waals surface area contributed by atoms with E-state index in [2.05, 4.69) is 15.7 Å². The van der Waals surface area contributed by atoms with E-state index >= 15 is 0 Å². The van der Waals surface area contributed by atoms with Crippen molar-refractivity contribution in [1.82, 2.24) is 20.4 Å². The third-order valence-corrected chi connectivity index (χ3v) is 4.89. The molecule has 6 nitrogen and oxygen atoms in total. The molecule has 8 heteroatoms. The van der Waals surface area contributed by atoms with Crippen molar-refractivity contribution in [3.8, 4) is 0 Å². The van der Waals surface area contributed by atoms with Crippen LogP contribution in [0.1, 0.15) is 35.3 Å². The van der Waals surface area contributed by atoms with Gasteiger partial charge in [-0.1, -0.05) is 44.2 Å². The Morgan fingerprint density at radius 1 is 1.00 bits per heavy atom. The summed E-state index contributed by atoms with van der Waals surface area (Å²) in [7, 11) is 0. The quantitative estimate of drug-likeness (QED) is 0.581. The van der Waals surface area contributed by atoms with E-state index in [9.17, 15) is 18.4 Å². The lowest BCUT2D eigenvalue weighted by Gasteiger charge is -2.22. The highest BCUT2D eigenvalue weighted by atomic mass is 19.1. The van der Waals surface area contributed by atoms with E-state index in [-0.39, 0.29) is 12.5 Å². The molecule has 3 rings (SSSR count). The van der Waals surface area contributed by atoms with Crippen LogP contribution >= 0.6 is 0 Å². The molecule has 0 unspecified atom stereocenters. The minimum Gasteiger partial charge on any atom is -0.350 e. The number of halogens is 2. The predicted octanol–water partition coefficient (Wildman–Crippen LogP) is 3.28. The van der Waals surface area contributed by atoms with Crippen molar-refractivity contribution in [3.05, 3.63) is 89.2 Å². The average Bonchev–Trinajstić information content (AvgIpc) is 3.24.